The van der Waals surface area contributed by atoms with E-state index in [1.54, 1.807) is 23.5 Å². The number of nitrogens with one attached hydrogen (secondary N) is 1. The first-order valence-corrected chi connectivity index (χ1v) is 8.08. The largest absolute Gasteiger partial charge is 0.508 e. The Labute approximate surface area is 135 Å². The molecule has 1 heterocycles. The van der Waals surface area contributed by atoms with Gasteiger partial charge < -0.3 is 15.2 Å². The lowest BCUT2D eigenvalue weighted by Crippen LogP contribution is -2.23. The van der Waals surface area contributed by atoms with Crippen molar-refractivity contribution < 1.29 is 14.6 Å². The van der Waals surface area contributed by atoms with E-state index in [9.17, 15) is 9.90 Å². The Morgan fingerprint density at radius 3 is 2.95 bits per heavy atom. The van der Waals surface area contributed by atoms with Gasteiger partial charge in [-0.1, -0.05) is 22.0 Å². The number of hydrogen-bond acceptors (Lipinski definition) is 5. The van der Waals surface area contributed by atoms with Gasteiger partial charge in [-0.25, -0.2) is 0 Å². The Morgan fingerprint density at radius 1 is 1.48 bits per heavy atom. The van der Waals surface area contributed by atoms with Gasteiger partial charge in [0.2, 0.25) is 0 Å². The summed E-state index contributed by atoms with van der Waals surface area (Å²) in [6, 6.07) is 9.07. The summed E-state index contributed by atoms with van der Waals surface area (Å²) in [5.74, 6) is -0.0342. The third kappa shape index (κ3) is 4.56. The summed E-state index contributed by atoms with van der Waals surface area (Å²) in [6.07, 6.45) is 0.256. The molecule has 0 radical (unpaired) electrons. The van der Waals surface area contributed by atoms with Gasteiger partial charge in [0, 0.05) is 21.5 Å². The van der Waals surface area contributed by atoms with Gasteiger partial charge in [-0.3, -0.25) is 4.79 Å². The number of esters is 1. The molecule has 1 aromatic carbocycles. The van der Waals surface area contributed by atoms with Crippen LogP contribution in [0.4, 0.5) is 0 Å². The molecule has 2 rings (SSSR count). The third-order valence-electron chi connectivity index (χ3n) is 3.07. The van der Waals surface area contributed by atoms with E-state index in [0.717, 1.165) is 14.9 Å². The van der Waals surface area contributed by atoms with E-state index < -0.39 is 0 Å². The van der Waals surface area contributed by atoms with Crippen molar-refractivity contribution >= 4 is 33.2 Å². The zero-order valence-corrected chi connectivity index (χ0v) is 13.9. The lowest BCUT2D eigenvalue weighted by Gasteiger charge is -2.17. The number of thiophene rings is 1. The van der Waals surface area contributed by atoms with E-state index in [4.69, 9.17) is 4.74 Å². The number of halogens is 1. The van der Waals surface area contributed by atoms with Crippen molar-refractivity contribution in [1.29, 1.82) is 0 Å². The average molecular weight is 370 g/mol. The van der Waals surface area contributed by atoms with Crippen LogP contribution in [-0.4, -0.2) is 18.2 Å². The number of hydrogen-bond donors (Lipinski definition) is 2. The molecule has 2 N–H and O–H groups in total. The summed E-state index contributed by atoms with van der Waals surface area (Å²) in [5.41, 5.74) is 0.774. The van der Waals surface area contributed by atoms with Crippen LogP contribution in [0.2, 0.25) is 0 Å². The molecule has 0 fully saturated rings. The topological polar surface area (TPSA) is 58.6 Å². The first kappa shape index (κ1) is 16.0. The number of phenols is 1. The van der Waals surface area contributed by atoms with Gasteiger partial charge in [0.05, 0.1) is 19.6 Å². The Balaban J connectivity index is 2.08. The molecule has 0 aliphatic carbocycles. The molecule has 1 unspecified atom stereocenters. The maximum atomic E-state index is 11.5. The first-order chi connectivity index (χ1) is 10.1. The van der Waals surface area contributed by atoms with E-state index in [2.05, 4.69) is 21.2 Å². The van der Waals surface area contributed by atoms with Crippen LogP contribution in [0.15, 0.2) is 40.2 Å². The molecule has 0 aliphatic heterocycles. The summed E-state index contributed by atoms with van der Waals surface area (Å²) >= 11 is 4.97. The fourth-order valence-electron chi connectivity index (χ4n) is 1.94. The lowest BCUT2D eigenvalue weighted by molar-refractivity contribution is -0.141. The van der Waals surface area contributed by atoms with Crippen molar-refractivity contribution in [2.24, 2.45) is 0 Å². The molecule has 0 amide bonds. The Bertz CT molecular complexity index is 601. The highest BCUT2D eigenvalue weighted by molar-refractivity contribution is 9.10. The predicted molar refractivity (Wildman–Crippen MR) is 86.3 cm³/mol. The molecule has 0 saturated carbocycles. The Morgan fingerprint density at radius 2 is 2.29 bits per heavy atom. The highest BCUT2D eigenvalue weighted by Gasteiger charge is 2.17. The van der Waals surface area contributed by atoms with Crippen molar-refractivity contribution in [2.45, 2.75) is 19.0 Å². The van der Waals surface area contributed by atoms with Crippen LogP contribution < -0.4 is 5.32 Å². The number of rotatable bonds is 6. The van der Waals surface area contributed by atoms with Crippen LogP contribution in [0, 0.1) is 0 Å². The number of carbonyl (C=O) groups excluding carboxylic acids is 1. The zero-order chi connectivity index (χ0) is 15.2. The minimum absolute atomic E-state index is 0.129. The molecule has 6 heteroatoms. The van der Waals surface area contributed by atoms with Crippen LogP contribution in [0.25, 0.3) is 0 Å². The predicted octanol–water partition coefficient (Wildman–Crippen LogP) is 3.61. The summed E-state index contributed by atoms with van der Waals surface area (Å²) < 4.78 is 5.64. The summed E-state index contributed by atoms with van der Waals surface area (Å²) in [5, 5.41) is 15.1. The number of aromatic hydroxyl groups is 1. The SMILES string of the molecule is COC(=O)CC(NCc1cc(Br)ccc1O)c1cccs1. The fourth-order valence-corrected chi connectivity index (χ4v) is 3.15. The van der Waals surface area contributed by atoms with Crippen molar-refractivity contribution in [3.63, 3.8) is 0 Å². The first-order valence-electron chi connectivity index (χ1n) is 6.41. The second-order valence-electron chi connectivity index (χ2n) is 4.50. The Kier molecular flexibility index (Phi) is 5.78. The molecule has 1 atom stereocenters. The normalized spacial score (nSPS) is 12.1. The van der Waals surface area contributed by atoms with Crippen LogP contribution in [-0.2, 0) is 16.1 Å². The van der Waals surface area contributed by atoms with Crippen LogP contribution in [0.3, 0.4) is 0 Å². The van der Waals surface area contributed by atoms with Gasteiger partial charge in [0.25, 0.3) is 0 Å². The molecule has 21 heavy (non-hydrogen) atoms. The molecule has 4 nitrogen and oxygen atoms in total. The van der Waals surface area contributed by atoms with E-state index in [-0.39, 0.29) is 24.2 Å². The molecule has 1 aromatic heterocycles. The lowest BCUT2D eigenvalue weighted by atomic mass is 10.1. The molecular formula is C15H16BrNO3S. The second kappa shape index (κ2) is 7.59. The summed E-state index contributed by atoms with van der Waals surface area (Å²) in [6.45, 7) is 0.463. The van der Waals surface area contributed by atoms with E-state index in [0.29, 0.717) is 6.54 Å². The van der Waals surface area contributed by atoms with Gasteiger partial charge in [0.1, 0.15) is 5.75 Å². The van der Waals surface area contributed by atoms with Gasteiger partial charge in [-0.2, -0.15) is 0 Å². The number of phenolic OH excluding ortho intramolecular Hbond substituents is 1. The van der Waals surface area contributed by atoms with Crippen LogP contribution >= 0.6 is 27.3 Å². The van der Waals surface area contributed by atoms with Gasteiger partial charge >= 0.3 is 5.97 Å². The molecule has 112 valence electrons. The van der Waals surface area contributed by atoms with E-state index in [1.165, 1.54) is 7.11 Å². The molecular weight excluding hydrogens is 354 g/mol. The van der Waals surface area contributed by atoms with Crippen molar-refractivity contribution in [2.75, 3.05) is 7.11 Å². The quantitative estimate of drug-likeness (QED) is 0.763. The highest BCUT2D eigenvalue weighted by Crippen LogP contribution is 2.26. The molecule has 0 spiro atoms. The van der Waals surface area contributed by atoms with Crippen LogP contribution in [0.5, 0.6) is 5.75 Å². The minimum atomic E-state index is -0.264. The molecule has 0 aliphatic rings. The van der Waals surface area contributed by atoms with Gasteiger partial charge in [-0.05, 0) is 29.6 Å². The zero-order valence-electron chi connectivity index (χ0n) is 11.5. The number of ether oxygens (including phenoxy) is 1. The smallest absolute Gasteiger partial charge is 0.307 e. The Hall–Kier alpha value is -1.37. The standard InChI is InChI=1S/C15H16BrNO3S/c1-20-15(19)8-12(14-3-2-6-21-14)17-9-10-7-11(16)4-5-13(10)18/h2-7,12,17-18H,8-9H2,1H3. The van der Waals surface area contributed by atoms with Crippen molar-refractivity contribution in [3.8, 4) is 5.75 Å². The number of carbonyl (C=O) groups is 1. The summed E-state index contributed by atoms with van der Waals surface area (Å²) in [7, 11) is 1.38. The van der Waals surface area contributed by atoms with Crippen molar-refractivity contribution in [3.05, 3.63) is 50.6 Å². The summed E-state index contributed by atoms with van der Waals surface area (Å²) in [4.78, 5) is 12.6. The van der Waals surface area contributed by atoms with Gasteiger partial charge in [0.15, 0.2) is 0 Å². The fraction of sp³-hybridized carbons (Fsp3) is 0.267. The van der Waals surface area contributed by atoms with Crippen molar-refractivity contribution in [1.82, 2.24) is 5.32 Å². The van der Waals surface area contributed by atoms with Crippen LogP contribution in [0.1, 0.15) is 22.9 Å². The monoisotopic (exact) mass is 369 g/mol. The minimum Gasteiger partial charge on any atom is -0.508 e. The molecule has 2 aromatic rings. The molecule has 0 bridgehead atoms. The average Bonchev–Trinajstić information content (AvgIpc) is 3.00. The van der Waals surface area contributed by atoms with Gasteiger partial charge in [-0.15, -0.1) is 11.3 Å². The second-order valence-corrected chi connectivity index (χ2v) is 6.40. The van der Waals surface area contributed by atoms with E-state index in [1.807, 2.05) is 23.6 Å². The maximum absolute atomic E-state index is 11.5. The molecule has 0 saturated heterocycles. The maximum Gasteiger partial charge on any atom is 0.307 e. The number of methoxy groups -OCH3 is 1. The highest BCUT2D eigenvalue weighted by atomic mass is 79.9. The third-order valence-corrected chi connectivity index (χ3v) is 4.54. The number of benzene rings is 1. The van der Waals surface area contributed by atoms with E-state index >= 15 is 0 Å².